The molecule has 2 aromatic rings. The van der Waals surface area contributed by atoms with E-state index in [1.165, 1.54) is 0 Å². The van der Waals surface area contributed by atoms with E-state index in [1.807, 2.05) is 45.0 Å². The minimum atomic E-state index is -2.01. The topological polar surface area (TPSA) is 40.5 Å². The van der Waals surface area contributed by atoms with E-state index >= 15 is 0 Å². The van der Waals surface area contributed by atoms with Crippen LogP contribution in [0.4, 0.5) is 4.79 Å². The molecule has 4 nitrogen and oxygen atoms in total. The number of aromatic nitrogens is 1. The van der Waals surface area contributed by atoms with E-state index in [1.54, 1.807) is 10.8 Å². The van der Waals surface area contributed by atoms with Crippen LogP contribution in [0, 0.1) is 0 Å². The number of carbonyl (C=O) groups is 1. The van der Waals surface area contributed by atoms with E-state index in [9.17, 15) is 4.79 Å². The highest BCUT2D eigenvalue weighted by atomic mass is 28.4. The first-order chi connectivity index (χ1) is 10.8. The van der Waals surface area contributed by atoms with Gasteiger partial charge in [-0.2, -0.15) is 0 Å². The van der Waals surface area contributed by atoms with Crippen LogP contribution in [0.3, 0.4) is 0 Å². The maximum atomic E-state index is 12.5. The van der Waals surface area contributed by atoms with E-state index in [4.69, 9.17) is 9.16 Å². The lowest BCUT2D eigenvalue weighted by atomic mass is 10.2. The number of fused-ring (bicyclic) bond motifs is 1. The summed E-state index contributed by atoms with van der Waals surface area (Å²) in [6.07, 6.45) is 1.36. The molecule has 1 heterocycles. The summed E-state index contributed by atoms with van der Waals surface area (Å²) >= 11 is 0. The van der Waals surface area contributed by atoms with E-state index in [-0.39, 0.29) is 11.1 Å². The largest absolute Gasteiger partial charge is 0.542 e. The van der Waals surface area contributed by atoms with Crippen LogP contribution in [-0.2, 0) is 4.74 Å². The smallest absolute Gasteiger partial charge is 0.419 e. The second-order valence-electron chi connectivity index (χ2n) is 8.72. The molecule has 0 atom stereocenters. The summed E-state index contributed by atoms with van der Waals surface area (Å²) in [4.78, 5) is 12.5. The van der Waals surface area contributed by atoms with Gasteiger partial charge in [-0.3, -0.25) is 0 Å². The number of carbonyl (C=O) groups excluding carboxylic acids is 1. The Labute approximate surface area is 145 Å². The summed E-state index contributed by atoms with van der Waals surface area (Å²) in [7, 11) is -2.01. The Morgan fingerprint density at radius 3 is 2.21 bits per heavy atom. The van der Waals surface area contributed by atoms with Gasteiger partial charge in [0.15, 0.2) is 0 Å². The Kier molecular flexibility index (Phi) is 4.61. The Hall–Kier alpha value is -1.75. The first-order valence-corrected chi connectivity index (χ1v) is 11.3. The number of rotatable bonds is 2. The molecule has 0 saturated heterocycles. The van der Waals surface area contributed by atoms with Crippen LogP contribution in [0.25, 0.3) is 10.9 Å². The van der Waals surface area contributed by atoms with Crippen LogP contribution in [0.5, 0.6) is 5.75 Å². The van der Waals surface area contributed by atoms with Crippen LogP contribution in [0.2, 0.25) is 18.1 Å². The first kappa shape index (κ1) is 18.6. The van der Waals surface area contributed by atoms with E-state index in [0.717, 1.165) is 16.7 Å². The molecule has 0 bridgehead atoms. The van der Waals surface area contributed by atoms with Crippen molar-refractivity contribution in [3.8, 4) is 5.75 Å². The molecule has 2 rings (SSSR count). The molecule has 1 aromatic heterocycles. The fourth-order valence-electron chi connectivity index (χ4n) is 2.13. The molecule has 0 aliphatic rings. The number of hydrogen-bond donors (Lipinski definition) is 0. The molecule has 0 saturated carbocycles. The lowest BCUT2D eigenvalue weighted by molar-refractivity contribution is 0.0544. The van der Waals surface area contributed by atoms with Gasteiger partial charge in [-0.15, -0.1) is 0 Å². The molecule has 132 valence electrons. The number of hydrogen-bond acceptors (Lipinski definition) is 3. The van der Waals surface area contributed by atoms with Crippen molar-refractivity contribution in [1.29, 1.82) is 0 Å². The Bertz CT molecular complexity index is 748. The molecule has 1 aromatic carbocycles. The molecular weight excluding hydrogens is 318 g/mol. The van der Waals surface area contributed by atoms with Crippen LogP contribution >= 0.6 is 0 Å². The molecule has 0 aliphatic carbocycles. The van der Waals surface area contributed by atoms with Gasteiger partial charge in [-0.1, -0.05) is 32.9 Å². The van der Waals surface area contributed by atoms with Crippen molar-refractivity contribution in [3.05, 3.63) is 30.5 Å². The normalized spacial score (nSPS) is 13.2. The summed E-state index contributed by atoms with van der Waals surface area (Å²) in [5, 5.41) is 1.05. The van der Waals surface area contributed by atoms with Crippen LogP contribution < -0.4 is 4.43 Å². The number of ether oxygens (including phenoxy) is 1. The summed E-state index contributed by atoms with van der Waals surface area (Å²) < 4.78 is 13.5. The molecule has 24 heavy (non-hydrogen) atoms. The van der Waals surface area contributed by atoms with Gasteiger partial charge >= 0.3 is 6.09 Å². The van der Waals surface area contributed by atoms with Crippen LogP contribution in [0.1, 0.15) is 41.5 Å². The predicted molar refractivity (Wildman–Crippen MR) is 101 cm³/mol. The zero-order valence-corrected chi connectivity index (χ0v) is 17.1. The lowest BCUT2D eigenvalue weighted by Gasteiger charge is -2.36. The molecule has 0 aliphatic heterocycles. The number of para-hydroxylation sites is 1. The predicted octanol–water partition coefficient (Wildman–Crippen LogP) is 5.81. The van der Waals surface area contributed by atoms with Gasteiger partial charge in [0.2, 0.25) is 0 Å². The third-order valence-corrected chi connectivity index (χ3v) is 8.78. The van der Waals surface area contributed by atoms with Crippen molar-refractivity contribution in [2.45, 2.75) is 65.3 Å². The fourth-order valence-corrected chi connectivity index (χ4v) is 3.16. The van der Waals surface area contributed by atoms with Crippen LogP contribution in [0.15, 0.2) is 30.5 Å². The Morgan fingerprint density at radius 1 is 1.04 bits per heavy atom. The maximum Gasteiger partial charge on any atom is 0.419 e. The average molecular weight is 348 g/mol. The monoisotopic (exact) mass is 347 g/mol. The van der Waals surface area contributed by atoms with Crippen molar-refractivity contribution >= 4 is 25.3 Å². The zero-order chi connectivity index (χ0) is 18.3. The quantitative estimate of drug-likeness (QED) is 0.644. The van der Waals surface area contributed by atoms with Crippen molar-refractivity contribution in [1.82, 2.24) is 4.57 Å². The Morgan fingerprint density at radius 2 is 1.67 bits per heavy atom. The second kappa shape index (κ2) is 5.95. The summed E-state index contributed by atoms with van der Waals surface area (Å²) in [6, 6.07) is 7.79. The molecule has 0 fully saturated rings. The highest BCUT2D eigenvalue weighted by Gasteiger charge is 2.39. The number of nitrogens with zero attached hydrogens (tertiary/aromatic N) is 1. The van der Waals surface area contributed by atoms with Crippen molar-refractivity contribution in [2.24, 2.45) is 0 Å². The average Bonchev–Trinajstić information content (AvgIpc) is 2.79. The zero-order valence-electron chi connectivity index (χ0n) is 16.1. The highest BCUT2D eigenvalue weighted by Crippen LogP contribution is 2.39. The number of benzene rings is 1. The molecule has 0 amide bonds. The van der Waals surface area contributed by atoms with Gasteiger partial charge in [-0.25, -0.2) is 9.36 Å². The van der Waals surface area contributed by atoms with E-state index in [2.05, 4.69) is 33.9 Å². The molecule has 0 radical (unpaired) electrons. The molecular formula is C19H29NO3Si. The third kappa shape index (κ3) is 3.83. The van der Waals surface area contributed by atoms with Crippen molar-refractivity contribution < 1.29 is 14.0 Å². The molecule has 0 N–H and O–H groups in total. The summed E-state index contributed by atoms with van der Waals surface area (Å²) in [5.41, 5.74) is 0.236. The summed E-state index contributed by atoms with van der Waals surface area (Å²) in [6.45, 7) is 16.6. The van der Waals surface area contributed by atoms with Gasteiger partial charge in [0.1, 0.15) is 11.4 Å². The molecule has 5 heteroatoms. The van der Waals surface area contributed by atoms with Crippen molar-refractivity contribution in [2.75, 3.05) is 0 Å². The first-order valence-electron chi connectivity index (χ1n) is 8.34. The van der Waals surface area contributed by atoms with Gasteiger partial charge in [-0.05, 0) is 51.0 Å². The Balaban J connectivity index is 2.49. The van der Waals surface area contributed by atoms with E-state index < -0.39 is 13.9 Å². The molecule has 0 spiro atoms. The second-order valence-corrected chi connectivity index (χ2v) is 13.4. The van der Waals surface area contributed by atoms with Crippen LogP contribution in [-0.4, -0.2) is 24.6 Å². The molecule has 0 unspecified atom stereocenters. The van der Waals surface area contributed by atoms with Gasteiger partial charge in [0, 0.05) is 11.6 Å². The van der Waals surface area contributed by atoms with Gasteiger partial charge in [0.05, 0.1) is 5.52 Å². The van der Waals surface area contributed by atoms with Crippen molar-refractivity contribution in [3.63, 3.8) is 0 Å². The van der Waals surface area contributed by atoms with Gasteiger partial charge < -0.3 is 9.16 Å². The SMILES string of the molecule is CC(C)(C)OC(=O)n1ccc2cccc(O[Si](C)(C)C(C)(C)C)c21. The fraction of sp³-hybridized carbons (Fsp3) is 0.526. The minimum absolute atomic E-state index is 0.0819. The third-order valence-electron chi connectivity index (χ3n) is 4.44. The highest BCUT2D eigenvalue weighted by molar-refractivity contribution is 6.74. The van der Waals surface area contributed by atoms with E-state index in [0.29, 0.717) is 0 Å². The van der Waals surface area contributed by atoms with Gasteiger partial charge in [0.25, 0.3) is 8.32 Å². The standard InChI is InChI=1S/C19H29NO3Si/c1-18(2,3)22-17(21)20-13-12-14-10-9-11-15(16(14)20)23-24(7,8)19(4,5)6/h9-13H,1-8H3. The maximum absolute atomic E-state index is 12.5. The summed E-state index contributed by atoms with van der Waals surface area (Å²) in [5.74, 6) is 0.745. The lowest BCUT2D eigenvalue weighted by Crippen LogP contribution is -2.44. The minimum Gasteiger partial charge on any atom is -0.542 e.